The Balaban J connectivity index is 1.61. The summed E-state index contributed by atoms with van der Waals surface area (Å²) in [4.78, 5) is 33.8. The van der Waals surface area contributed by atoms with Crippen LogP contribution in [0.2, 0.25) is 0 Å². The third kappa shape index (κ3) is 4.66. The van der Waals surface area contributed by atoms with Crippen molar-refractivity contribution in [2.75, 3.05) is 5.32 Å². The van der Waals surface area contributed by atoms with Gasteiger partial charge in [-0.25, -0.2) is 14.8 Å². The molecule has 36 heavy (non-hydrogen) atoms. The van der Waals surface area contributed by atoms with Gasteiger partial charge in [0.05, 0.1) is 28.1 Å². The molecular formula is C30H25N3O3. The Labute approximate surface area is 209 Å². The molecule has 1 N–H and O–H groups in total. The molecule has 3 aromatic carbocycles. The van der Waals surface area contributed by atoms with E-state index < -0.39 is 11.7 Å². The van der Waals surface area contributed by atoms with Crippen LogP contribution in [-0.4, -0.2) is 27.9 Å². The Morgan fingerprint density at radius 3 is 2.08 bits per heavy atom. The number of carbonyl (C=O) groups excluding carboxylic acids is 2. The second-order valence-corrected chi connectivity index (χ2v) is 9.48. The first-order valence-electron chi connectivity index (χ1n) is 11.7. The molecule has 2 heterocycles. The molecule has 178 valence electrons. The van der Waals surface area contributed by atoms with Gasteiger partial charge in [0.1, 0.15) is 5.60 Å². The van der Waals surface area contributed by atoms with Crippen molar-refractivity contribution >= 4 is 39.9 Å². The highest BCUT2D eigenvalue weighted by Crippen LogP contribution is 2.32. The first-order chi connectivity index (χ1) is 17.3. The molecule has 0 aliphatic heterocycles. The first kappa shape index (κ1) is 23.2. The fourth-order valence-electron chi connectivity index (χ4n) is 4.15. The molecule has 5 rings (SSSR count). The van der Waals surface area contributed by atoms with Gasteiger partial charge in [0.25, 0.3) is 0 Å². The molecule has 0 spiro atoms. The number of ether oxygens (including phenoxy) is 1. The average molecular weight is 476 g/mol. The molecule has 0 fully saturated rings. The molecule has 0 unspecified atom stereocenters. The highest BCUT2D eigenvalue weighted by molar-refractivity contribution is 5.99. The maximum atomic E-state index is 12.4. The first-order valence-corrected chi connectivity index (χ1v) is 11.7. The lowest BCUT2D eigenvalue weighted by molar-refractivity contribution is 0.0636. The molecule has 0 bridgehead atoms. The summed E-state index contributed by atoms with van der Waals surface area (Å²) in [5.41, 5.74) is 5.04. The summed E-state index contributed by atoms with van der Waals surface area (Å²) < 4.78 is 5.43. The predicted octanol–water partition coefficient (Wildman–Crippen LogP) is 7.28. The lowest BCUT2D eigenvalue weighted by Crippen LogP contribution is -2.27. The van der Waals surface area contributed by atoms with Crippen LogP contribution in [0.3, 0.4) is 0 Å². The lowest BCUT2D eigenvalue weighted by atomic mass is 10.0. The van der Waals surface area contributed by atoms with Crippen LogP contribution in [-0.2, 0) is 4.74 Å². The van der Waals surface area contributed by atoms with E-state index in [1.807, 2.05) is 99.6 Å². The van der Waals surface area contributed by atoms with Crippen LogP contribution in [0.1, 0.15) is 31.1 Å². The summed E-state index contributed by atoms with van der Waals surface area (Å²) >= 11 is 0. The number of rotatable bonds is 4. The fraction of sp³-hybridized carbons (Fsp3) is 0.133. The Morgan fingerprint density at radius 2 is 1.36 bits per heavy atom. The standard InChI is InChI=1S/C30H25N3O3/c1-30(2,3)36-29(35)33-24-13-5-4-11-22(24)25-16-15-20-9-7-12-23(28(20)32-25)26-17-14-19-8-6-10-21(18-34)27(19)31-26/h4-18H,1-3H3,(H,33,35). The summed E-state index contributed by atoms with van der Waals surface area (Å²) in [6, 6.07) is 26.8. The number of carbonyl (C=O) groups is 2. The average Bonchev–Trinajstić information content (AvgIpc) is 2.86. The summed E-state index contributed by atoms with van der Waals surface area (Å²) in [7, 11) is 0. The second-order valence-electron chi connectivity index (χ2n) is 9.48. The minimum atomic E-state index is -0.605. The SMILES string of the molecule is CC(C)(C)OC(=O)Nc1ccccc1-c1ccc2cccc(-c3ccc4cccc(C=O)c4n3)c2n1. The molecular weight excluding hydrogens is 450 g/mol. The number of hydrogen-bond donors (Lipinski definition) is 1. The molecule has 6 nitrogen and oxygen atoms in total. The van der Waals surface area contributed by atoms with Crippen LogP contribution >= 0.6 is 0 Å². The van der Waals surface area contributed by atoms with Crippen molar-refractivity contribution in [2.24, 2.45) is 0 Å². The van der Waals surface area contributed by atoms with Crippen molar-refractivity contribution in [3.63, 3.8) is 0 Å². The van der Waals surface area contributed by atoms with Crippen LogP contribution in [0, 0.1) is 0 Å². The van der Waals surface area contributed by atoms with Gasteiger partial charge in [-0.2, -0.15) is 0 Å². The van der Waals surface area contributed by atoms with Gasteiger partial charge >= 0.3 is 6.09 Å². The smallest absolute Gasteiger partial charge is 0.412 e. The van der Waals surface area contributed by atoms with Crippen LogP contribution in [0.4, 0.5) is 10.5 Å². The Kier molecular flexibility index (Phi) is 5.94. The summed E-state index contributed by atoms with van der Waals surface area (Å²) in [6.45, 7) is 5.47. The molecule has 0 saturated heterocycles. The van der Waals surface area contributed by atoms with E-state index in [1.54, 1.807) is 6.07 Å². The summed E-state index contributed by atoms with van der Waals surface area (Å²) in [5, 5.41) is 4.71. The highest BCUT2D eigenvalue weighted by atomic mass is 16.6. The normalized spacial score (nSPS) is 11.4. The van der Waals surface area contributed by atoms with E-state index in [0.29, 0.717) is 22.5 Å². The predicted molar refractivity (Wildman–Crippen MR) is 143 cm³/mol. The number of para-hydroxylation sites is 3. The molecule has 0 saturated carbocycles. The zero-order valence-corrected chi connectivity index (χ0v) is 20.3. The molecule has 0 aliphatic carbocycles. The van der Waals surface area contributed by atoms with Crippen molar-refractivity contribution in [2.45, 2.75) is 26.4 Å². The fourth-order valence-corrected chi connectivity index (χ4v) is 4.15. The number of aromatic nitrogens is 2. The van der Waals surface area contributed by atoms with Gasteiger partial charge in [0.2, 0.25) is 0 Å². The van der Waals surface area contributed by atoms with E-state index >= 15 is 0 Å². The summed E-state index contributed by atoms with van der Waals surface area (Å²) in [6.07, 6.45) is 0.301. The molecule has 0 radical (unpaired) electrons. The Bertz CT molecular complexity index is 1620. The van der Waals surface area contributed by atoms with E-state index in [9.17, 15) is 9.59 Å². The highest BCUT2D eigenvalue weighted by Gasteiger charge is 2.18. The van der Waals surface area contributed by atoms with E-state index in [4.69, 9.17) is 14.7 Å². The zero-order chi connectivity index (χ0) is 25.3. The van der Waals surface area contributed by atoms with Gasteiger partial charge < -0.3 is 4.74 Å². The van der Waals surface area contributed by atoms with E-state index in [0.717, 1.165) is 39.4 Å². The van der Waals surface area contributed by atoms with Gasteiger partial charge in [0, 0.05) is 27.5 Å². The number of nitrogens with zero attached hydrogens (tertiary/aromatic N) is 2. The number of benzene rings is 3. The number of amides is 1. The van der Waals surface area contributed by atoms with Gasteiger partial charge in [0.15, 0.2) is 6.29 Å². The quantitative estimate of drug-likeness (QED) is 0.276. The maximum absolute atomic E-state index is 12.4. The van der Waals surface area contributed by atoms with Crippen molar-refractivity contribution in [1.29, 1.82) is 0 Å². The molecule has 0 atom stereocenters. The zero-order valence-electron chi connectivity index (χ0n) is 20.3. The monoisotopic (exact) mass is 475 g/mol. The van der Waals surface area contributed by atoms with E-state index in [2.05, 4.69) is 5.32 Å². The van der Waals surface area contributed by atoms with Crippen molar-refractivity contribution in [3.8, 4) is 22.5 Å². The minimum Gasteiger partial charge on any atom is -0.444 e. The van der Waals surface area contributed by atoms with Gasteiger partial charge in [-0.05, 0) is 45.0 Å². The third-order valence-electron chi connectivity index (χ3n) is 5.71. The number of aldehydes is 1. The number of nitrogens with one attached hydrogen (secondary N) is 1. The molecule has 6 heteroatoms. The number of fused-ring (bicyclic) bond motifs is 2. The molecule has 0 aliphatic rings. The van der Waals surface area contributed by atoms with Crippen LogP contribution < -0.4 is 5.32 Å². The lowest BCUT2D eigenvalue weighted by Gasteiger charge is -2.20. The van der Waals surface area contributed by atoms with Gasteiger partial charge in [-0.3, -0.25) is 10.1 Å². The Hall–Kier alpha value is -4.58. The largest absolute Gasteiger partial charge is 0.444 e. The van der Waals surface area contributed by atoms with E-state index in [1.165, 1.54) is 0 Å². The van der Waals surface area contributed by atoms with Crippen molar-refractivity contribution in [3.05, 3.63) is 90.5 Å². The van der Waals surface area contributed by atoms with Crippen LogP contribution in [0.15, 0.2) is 84.9 Å². The van der Waals surface area contributed by atoms with Gasteiger partial charge in [-0.1, -0.05) is 60.7 Å². The Morgan fingerprint density at radius 1 is 0.750 bits per heavy atom. The number of hydrogen-bond acceptors (Lipinski definition) is 5. The van der Waals surface area contributed by atoms with Crippen LogP contribution in [0.25, 0.3) is 44.3 Å². The number of pyridine rings is 2. The van der Waals surface area contributed by atoms with Crippen LogP contribution in [0.5, 0.6) is 0 Å². The maximum Gasteiger partial charge on any atom is 0.412 e. The van der Waals surface area contributed by atoms with Crippen molar-refractivity contribution < 1.29 is 14.3 Å². The second kappa shape index (κ2) is 9.23. The molecule has 5 aromatic rings. The minimum absolute atomic E-state index is 0.525. The molecule has 1 amide bonds. The summed E-state index contributed by atoms with van der Waals surface area (Å²) in [5.74, 6) is 0. The van der Waals surface area contributed by atoms with E-state index in [-0.39, 0.29) is 0 Å². The number of anilines is 1. The topological polar surface area (TPSA) is 81.2 Å². The van der Waals surface area contributed by atoms with Crippen molar-refractivity contribution in [1.82, 2.24) is 9.97 Å². The molecule has 2 aromatic heterocycles. The third-order valence-corrected chi connectivity index (χ3v) is 5.71. The van der Waals surface area contributed by atoms with Gasteiger partial charge in [-0.15, -0.1) is 0 Å².